The van der Waals surface area contributed by atoms with Crippen LogP contribution in [0.15, 0.2) is 18.2 Å². The fourth-order valence-electron chi connectivity index (χ4n) is 5.09. The topological polar surface area (TPSA) is 80.4 Å². The van der Waals surface area contributed by atoms with Crippen LogP contribution in [0.5, 0.6) is 11.5 Å². The number of rotatable bonds is 4. The van der Waals surface area contributed by atoms with Gasteiger partial charge in [0.2, 0.25) is 0 Å². The van der Waals surface area contributed by atoms with Crippen LogP contribution in [0, 0.1) is 6.92 Å². The lowest BCUT2D eigenvalue weighted by Crippen LogP contribution is -2.42. The Balaban J connectivity index is 1.60. The molecule has 0 atom stereocenters. The Hall–Kier alpha value is -2.74. The molecular weight excluding hydrogens is 392 g/mol. The summed E-state index contributed by atoms with van der Waals surface area (Å²) in [6.45, 7) is 0.609. The van der Waals surface area contributed by atoms with Gasteiger partial charge in [0.1, 0.15) is 11.5 Å². The Kier molecular flexibility index (Phi) is 4.25. The summed E-state index contributed by atoms with van der Waals surface area (Å²) in [6.07, 6.45) is 4.39. The molecule has 8 heteroatoms. The van der Waals surface area contributed by atoms with Crippen molar-refractivity contribution in [3.8, 4) is 22.8 Å². The molecule has 0 amide bonds. The first-order valence-electron chi connectivity index (χ1n) is 10.1. The van der Waals surface area contributed by atoms with Crippen molar-refractivity contribution in [2.75, 3.05) is 0 Å². The number of halogens is 2. The summed E-state index contributed by atoms with van der Waals surface area (Å²) < 4.78 is 31.7. The van der Waals surface area contributed by atoms with Crippen molar-refractivity contribution in [1.29, 1.82) is 0 Å². The maximum absolute atomic E-state index is 12.5. The molecule has 30 heavy (non-hydrogen) atoms. The molecule has 2 N–H and O–H groups in total. The first-order chi connectivity index (χ1) is 14.2. The molecule has 2 aromatic heterocycles. The smallest absolute Gasteiger partial charge is 0.387 e. The summed E-state index contributed by atoms with van der Waals surface area (Å²) in [5, 5.41) is 30.5. The number of phenols is 1. The van der Waals surface area contributed by atoms with Gasteiger partial charge >= 0.3 is 6.61 Å². The van der Waals surface area contributed by atoms with Crippen molar-refractivity contribution in [2.45, 2.75) is 64.2 Å². The molecule has 0 aliphatic heterocycles. The van der Waals surface area contributed by atoms with Crippen LogP contribution in [0.3, 0.4) is 0 Å². The molecule has 5 rings (SSSR count). The predicted molar refractivity (Wildman–Crippen MR) is 107 cm³/mol. The van der Waals surface area contributed by atoms with Crippen molar-refractivity contribution >= 4 is 11.0 Å². The van der Waals surface area contributed by atoms with Gasteiger partial charge in [0, 0.05) is 28.8 Å². The van der Waals surface area contributed by atoms with Crippen LogP contribution < -0.4 is 4.74 Å². The van der Waals surface area contributed by atoms with Crippen molar-refractivity contribution in [2.24, 2.45) is 0 Å². The normalized spacial score (nSPS) is 23.1. The second kappa shape index (κ2) is 6.63. The zero-order valence-corrected chi connectivity index (χ0v) is 16.8. The van der Waals surface area contributed by atoms with Crippen LogP contribution in [0.25, 0.3) is 22.3 Å². The van der Waals surface area contributed by atoms with E-state index in [0.717, 1.165) is 30.3 Å². The van der Waals surface area contributed by atoms with Crippen LogP contribution in [-0.2, 0) is 12.8 Å². The minimum absolute atomic E-state index is 0.0955. The van der Waals surface area contributed by atoms with Gasteiger partial charge in [-0.25, -0.2) is 0 Å². The highest BCUT2D eigenvalue weighted by atomic mass is 19.3. The third kappa shape index (κ3) is 3.01. The Morgan fingerprint density at radius 1 is 1.20 bits per heavy atom. The monoisotopic (exact) mass is 415 g/mol. The predicted octanol–water partition coefficient (Wildman–Crippen LogP) is 4.29. The van der Waals surface area contributed by atoms with Gasteiger partial charge in [-0.15, -0.1) is 10.2 Å². The van der Waals surface area contributed by atoms with Crippen molar-refractivity contribution in [3.63, 3.8) is 0 Å². The number of benzene rings is 1. The molecule has 1 saturated carbocycles. The SMILES string of the molecule is Cc1cc(OC(F)F)cc(O)c1-c1cc2c3c(n(C4CC(C)(O)C4)c2nn1)CCC3. The van der Waals surface area contributed by atoms with Crippen molar-refractivity contribution < 1.29 is 23.7 Å². The molecule has 3 aromatic rings. The second-order valence-electron chi connectivity index (χ2n) is 8.69. The summed E-state index contributed by atoms with van der Waals surface area (Å²) >= 11 is 0. The molecule has 0 saturated heterocycles. The highest BCUT2D eigenvalue weighted by molar-refractivity contribution is 5.87. The van der Waals surface area contributed by atoms with E-state index in [2.05, 4.69) is 19.5 Å². The molecule has 0 spiro atoms. The van der Waals surface area contributed by atoms with Crippen LogP contribution in [-0.4, -0.2) is 37.2 Å². The number of fused-ring (bicyclic) bond motifs is 3. The lowest BCUT2D eigenvalue weighted by molar-refractivity contribution is -0.0508. The number of ether oxygens (including phenoxy) is 1. The van der Waals surface area contributed by atoms with Crippen molar-refractivity contribution in [1.82, 2.24) is 14.8 Å². The van der Waals surface area contributed by atoms with Crippen LogP contribution in [0.1, 0.15) is 49.0 Å². The Morgan fingerprint density at radius 3 is 2.63 bits per heavy atom. The van der Waals surface area contributed by atoms with E-state index < -0.39 is 12.2 Å². The van der Waals surface area contributed by atoms with Crippen LogP contribution in [0.4, 0.5) is 8.78 Å². The first-order valence-corrected chi connectivity index (χ1v) is 10.1. The standard InChI is InChI=1S/C22H23F2N3O3/c1-11-6-13(30-21(23)24)7-18(28)19(11)16-8-15-14-4-3-5-17(14)27(20(15)26-25-16)12-9-22(2,29)10-12/h6-8,12,21,28-29H,3-5,9-10H2,1-2H3. The minimum Gasteiger partial charge on any atom is -0.507 e. The lowest BCUT2D eigenvalue weighted by Gasteiger charge is -2.42. The third-order valence-corrected chi connectivity index (χ3v) is 6.29. The number of alkyl halides is 2. The van der Waals surface area contributed by atoms with E-state index in [1.807, 2.05) is 13.0 Å². The fraction of sp³-hybridized carbons (Fsp3) is 0.455. The van der Waals surface area contributed by atoms with E-state index in [1.54, 1.807) is 6.92 Å². The molecule has 2 aliphatic rings. The number of aromatic hydroxyl groups is 1. The maximum Gasteiger partial charge on any atom is 0.387 e. The van der Waals surface area contributed by atoms with Gasteiger partial charge in [-0.2, -0.15) is 8.78 Å². The second-order valence-corrected chi connectivity index (χ2v) is 8.69. The summed E-state index contributed by atoms with van der Waals surface area (Å²) in [7, 11) is 0. The quantitative estimate of drug-likeness (QED) is 0.665. The highest BCUT2D eigenvalue weighted by Gasteiger charge is 2.42. The minimum atomic E-state index is -2.96. The number of aryl methyl sites for hydroxylation is 2. The molecule has 158 valence electrons. The summed E-state index contributed by atoms with van der Waals surface area (Å²) in [5.41, 5.74) is 4.21. The van der Waals surface area contributed by atoms with Gasteiger partial charge in [-0.3, -0.25) is 0 Å². The third-order valence-electron chi connectivity index (χ3n) is 6.29. The van der Waals surface area contributed by atoms with E-state index >= 15 is 0 Å². The molecule has 0 bridgehead atoms. The highest BCUT2D eigenvalue weighted by Crippen LogP contribution is 2.46. The van der Waals surface area contributed by atoms with Crippen LogP contribution in [0.2, 0.25) is 0 Å². The molecule has 0 radical (unpaired) electrons. The molecule has 1 fully saturated rings. The van der Waals surface area contributed by atoms with Gasteiger partial charge in [-0.05, 0) is 69.2 Å². The summed E-state index contributed by atoms with van der Waals surface area (Å²) in [5.74, 6) is -0.271. The van der Waals surface area contributed by atoms with E-state index in [0.29, 0.717) is 29.7 Å². The number of phenolic OH excluding ortho intramolecular Hbond substituents is 1. The molecule has 0 unspecified atom stereocenters. The Morgan fingerprint density at radius 2 is 1.97 bits per heavy atom. The Bertz CT molecular complexity index is 1130. The van der Waals surface area contributed by atoms with Gasteiger partial charge < -0.3 is 19.5 Å². The summed E-state index contributed by atoms with van der Waals surface area (Å²) in [4.78, 5) is 0. The lowest BCUT2D eigenvalue weighted by atomic mass is 9.77. The maximum atomic E-state index is 12.5. The first kappa shape index (κ1) is 19.2. The summed E-state index contributed by atoms with van der Waals surface area (Å²) in [6, 6.07) is 4.77. The average molecular weight is 415 g/mol. The molecular formula is C22H23F2N3O3. The van der Waals surface area contributed by atoms with Crippen LogP contribution >= 0.6 is 0 Å². The molecule has 2 aliphatic carbocycles. The number of hydrogen-bond donors (Lipinski definition) is 2. The van der Waals surface area contributed by atoms with E-state index in [4.69, 9.17) is 0 Å². The molecule has 2 heterocycles. The number of aromatic nitrogens is 3. The van der Waals surface area contributed by atoms with Gasteiger partial charge in [0.15, 0.2) is 5.65 Å². The Labute approximate surface area is 172 Å². The molecule has 6 nitrogen and oxygen atoms in total. The number of hydrogen-bond acceptors (Lipinski definition) is 5. The van der Waals surface area contributed by atoms with Gasteiger partial charge in [0.05, 0.1) is 11.3 Å². The average Bonchev–Trinajstić information content (AvgIpc) is 3.19. The largest absolute Gasteiger partial charge is 0.507 e. The van der Waals surface area contributed by atoms with Gasteiger partial charge in [-0.1, -0.05) is 0 Å². The number of nitrogens with zero attached hydrogens (tertiary/aromatic N) is 3. The van der Waals surface area contributed by atoms with E-state index in [1.165, 1.54) is 23.4 Å². The molecule has 1 aromatic carbocycles. The zero-order chi connectivity index (χ0) is 21.2. The zero-order valence-electron chi connectivity index (χ0n) is 16.8. The van der Waals surface area contributed by atoms with Crippen molar-refractivity contribution in [3.05, 3.63) is 35.0 Å². The number of aliphatic hydroxyl groups is 1. The van der Waals surface area contributed by atoms with E-state index in [9.17, 15) is 19.0 Å². The van der Waals surface area contributed by atoms with E-state index in [-0.39, 0.29) is 17.5 Å². The van der Waals surface area contributed by atoms with Gasteiger partial charge in [0.25, 0.3) is 0 Å². The fourth-order valence-corrected chi connectivity index (χ4v) is 5.09.